The summed E-state index contributed by atoms with van der Waals surface area (Å²) in [5.74, 6) is 0.866. The molecule has 1 amide bonds. The zero-order chi connectivity index (χ0) is 19.6. The maximum Gasteiger partial charge on any atom is 0.254 e. The van der Waals surface area contributed by atoms with Gasteiger partial charge >= 0.3 is 0 Å². The van der Waals surface area contributed by atoms with Gasteiger partial charge < -0.3 is 19.6 Å². The number of hydrogen-bond acceptors (Lipinski definition) is 5. The van der Waals surface area contributed by atoms with E-state index in [1.807, 2.05) is 17.0 Å². The number of amides is 1. The summed E-state index contributed by atoms with van der Waals surface area (Å²) in [6.07, 6.45) is 5.37. The number of benzene rings is 1. The third-order valence-corrected chi connectivity index (χ3v) is 6.78. The quantitative estimate of drug-likeness (QED) is 0.858. The lowest BCUT2D eigenvalue weighted by Gasteiger charge is -2.45. The van der Waals surface area contributed by atoms with Gasteiger partial charge in [0.15, 0.2) is 0 Å². The Labute approximate surface area is 168 Å². The molecule has 2 aliphatic heterocycles. The number of anilines is 1. The summed E-state index contributed by atoms with van der Waals surface area (Å²) >= 11 is 0. The molecule has 2 saturated heterocycles. The first-order valence-electron chi connectivity index (χ1n) is 10.7. The third kappa shape index (κ3) is 3.98. The normalized spacial score (nSPS) is 25.7. The number of aliphatic hydroxyl groups is 1. The molecule has 3 aliphatic rings. The Kier molecular flexibility index (Phi) is 5.78. The van der Waals surface area contributed by atoms with E-state index in [-0.39, 0.29) is 5.91 Å². The second-order valence-electron chi connectivity index (χ2n) is 8.51. The van der Waals surface area contributed by atoms with Gasteiger partial charge in [-0.3, -0.25) is 9.69 Å². The fourth-order valence-electron chi connectivity index (χ4n) is 5.04. The highest BCUT2D eigenvalue weighted by atomic mass is 16.5. The maximum atomic E-state index is 12.9. The predicted molar refractivity (Wildman–Crippen MR) is 110 cm³/mol. The van der Waals surface area contributed by atoms with Crippen molar-refractivity contribution in [1.82, 2.24) is 9.80 Å². The van der Waals surface area contributed by atoms with Crippen molar-refractivity contribution in [2.45, 2.75) is 50.2 Å². The number of piperazine rings is 1. The summed E-state index contributed by atoms with van der Waals surface area (Å²) < 4.78 is 5.25. The van der Waals surface area contributed by atoms with Crippen molar-refractivity contribution in [3.63, 3.8) is 0 Å². The van der Waals surface area contributed by atoms with Crippen molar-refractivity contribution in [3.05, 3.63) is 24.3 Å². The highest BCUT2D eigenvalue weighted by Gasteiger charge is 2.43. The number of likely N-dealkylation sites (tertiary alicyclic amines) is 1. The Morgan fingerprint density at radius 3 is 2.36 bits per heavy atom. The van der Waals surface area contributed by atoms with Gasteiger partial charge in [-0.25, -0.2) is 0 Å². The monoisotopic (exact) mass is 387 g/mol. The van der Waals surface area contributed by atoms with Gasteiger partial charge in [-0.05, 0) is 62.8 Å². The number of nitrogens with zero attached hydrogens (tertiary/aromatic N) is 3. The number of carbonyl (C=O) groups excluding carboxylic acids is 1. The van der Waals surface area contributed by atoms with Crippen LogP contribution in [-0.2, 0) is 4.79 Å². The van der Waals surface area contributed by atoms with E-state index in [1.54, 1.807) is 7.11 Å². The van der Waals surface area contributed by atoms with E-state index < -0.39 is 5.60 Å². The van der Waals surface area contributed by atoms with Gasteiger partial charge in [-0.2, -0.15) is 0 Å². The van der Waals surface area contributed by atoms with Crippen LogP contribution < -0.4 is 9.64 Å². The molecule has 3 fully saturated rings. The first-order valence-corrected chi connectivity index (χ1v) is 10.7. The third-order valence-electron chi connectivity index (χ3n) is 6.78. The molecule has 1 N–H and O–H groups in total. The molecule has 2 heterocycles. The summed E-state index contributed by atoms with van der Waals surface area (Å²) in [6.45, 7) is 5.60. The average molecular weight is 388 g/mol. The molecule has 6 heteroatoms. The SMILES string of the molecule is COc1ccc(N2CCN([C@H]3CCCN(C(=O)C4(O)CCCC4)C3)CC2)cc1. The lowest BCUT2D eigenvalue weighted by Crippen LogP contribution is -2.58. The molecule has 6 nitrogen and oxygen atoms in total. The van der Waals surface area contributed by atoms with Crippen LogP contribution in [0.1, 0.15) is 38.5 Å². The number of carbonyl (C=O) groups is 1. The number of ether oxygens (including phenoxy) is 1. The minimum atomic E-state index is -1.09. The van der Waals surface area contributed by atoms with Gasteiger partial charge in [0.05, 0.1) is 7.11 Å². The number of rotatable bonds is 4. The van der Waals surface area contributed by atoms with Gasteiger partial charge in [0.2, 0.25) is 0 Å². The molecule has 1 aromatic rings. The summed E-state index contributed by atoms with van der Waals surface area (Å²) in [4.78, 5) is 19.8. The Morgan fingerprint density at radius 1 is 1.04 bits per heavy atom. The number of methoxy groups -OCH3 is 1. The largest absolute Gasteiger partial charge is 0.497 e. The molecule has 28 heavy (non-hydrogen) atoms. The summed E-state index contributed by atoms with van der Waals surface area (Å²) in [6, 6.07) is 8.69. The van der Waals surface area contributed by atoms with Crippen molar-refractivity contribution in [1.29, 1.82) is 0 Å². The van der Waals surface area contributed by atoms with Crippen LogP contribution in [0.4, 0.5) is 5.69 Å². The van der Waals surface area contributed by atoms with E-state index in [0.717, 1.165) is 70.7 Å². The first kappa shape index (κ1) is 19.5. The molecule has 0 radical (unpaired) electrons. The minimum absolute atomic E-state index is 0.0217. The zero-order valence-corrected chi connectivity index (χ0v) is 17.0. The van der Waals surface area contributed by atoms with E-state index >= 15 is 0 Å². The van der Waals surface area contributed by atoms with Crippen LogP contribution in [0.3, 0.4) is 0 Å². The lowest BCUT2D eigenvalue weighted by molar-refractivity contribution is -0.153. The van der Waals surface area contributed by atoms with Gasteiger partial charge in [-0.1, -0.05) is 0 Å². The highest BCUT2D eigenvalue weighted by Crippen LogP contribution is 2.32. The summed E-state index contributed by atoms with van der Waals surface area (Å²) in [7, 11) is 1.69. The van der Waals surface area contributed by atoms with E-state index in [2.05, 4.69) is 21.9 Å². The molecule has 1 aliphatic carbocycles. The average Bonchev–Trinajstić information content (AvgIpc) is 3.21. The standard InChI is InChI=1S/C22H33N3O3/c1-28-20-8-6-18(7-9-20)23-13-15-24(16-14-23)19-5-4-12-25(17-19)21(26)22(27)10-2-3-11-22/h6-9,19,27H,2-5,10-17H2,1H3/t19-/m0/s1. The van der Waals surface area contributed by atoms with Gasteiger partial charge in [0.1, 0.15) is 11.4 Å². The molecule has 154 valence electrons. The number of piperidine rings is 1. The molecule has 0 aromatic heterocycles. The Morgan fingerprint density at radius 2 is 1.71 bits per heavy atom. The molecule has 0 unspecified atom stereocenters. The van der Waals surface area contributed by atoms with Crippen molar-refractivity contribution >= 4 is 11.6 Å². The smallest absolute Gasteiger partial charge is 0.254 e. The van der Waals surface area contributed by atoms with Crippen molar-refractivity contribution in [2.75, 3.05) is 51.3 Å². The Hall–Kier alpha value is -1.79. The van der Waals surface area contributed by atoms with E-state index in [1.165, 1.54) is 5.69 Å². The van der Waals surface area contributed by atoms with Crippen molar-refractivity contribution < 1.29 is 14.6 Å². The van der Waals surface area contributed by atoms with Gasteiger partial charge in [0.25, 0.3) is 5.91 Å². The van der Waals surface area contributed by atoms with Gasteiger partial charge in [0, 0.05) is 51.0 Å². The fraction of sp³-hybridized carbons (Fsp3) is 0.682. The van der Waals surface area contributed by atoms with Crippen LogP contribution in [0.5, 0.6) is 5.75 Å². The molecule has 0 bridgehead atoms. The zero-order valence-electron chi connectivity index (χ0n) is 17.0. The number of hydrogen-bond donors (Lipinski definition) is 1. The molecule has 1 aromatic carbocycles. The summed E-state index contributed by atoms with van der Waals surface area (Å²) in [5, 5.41) is 10.7. The Balaban J connectivity index is 1.32. The van der Waals surface area contributed by atoms with Crippen molar-refractivity contribution in [3.8, 4) is 5.75 Å². The Bertz CT molecular complexity index is 664. The van der Waals surface area contributed by atoms with E-state index in [0.29, 0.717) is 18.9 Å². The van der Waals surface area contributed by atoms with Crippen LogP contribution in [0.15, 0.2) is 24.3 Å². The highest BCUT2D eigenvalue weighted by molar-refractivity contribution is 5.85. The van der Waals surface area contributed by atoms with Gasteiger partial charge in [-0.15, -0.1) is 0 Å². The lowest BCUT2D eigenvalue weighted by atomic mass is 9.96. The van der Waals surface area contributed by atoms with Crippen LogP contribution in [0, 0.1) is 0 Å². The predicted octanol–water partition coefficient (Wildman–Crippen LogP) is 2.11. The van der Waals surface area contributed by atoms with Crippen LogP contribution in [-0.4, -0.2) is 78.8 Å². The van der Waals surface area contributed by atoms with Crippen LogP contribution in [0.25, 0.3) is 0 Å². The maximum absolute atomic E-state index is 12.9. The van der Waals surface area contributed by atoms with Crippen molar-refractivity contribution in [2.24, 2.45) is 0 Å². The second-order valence-corrected chi connectivity index (χ2v) is 8.51. The summed E-state index contributed by atoms with van der Waals surface area (Å²) in [5.41, 5.74) is 0.152. The van der Waals surface area contributed by atoms with Crippen LogP contribution >= 0.6 is 0 Å². The first-order chi connectivity index (χ1) is 13.6. The van der Waals surface area contributed by atoms with E-state index in [9.17, 15) is 9.90 Å². The topological polar surface area (TPSA) is 56.2 Å². The molecular weight excluding hydrogens is 354 g/mol. The molecule has 1 saturated carbocycles. The molecule has 4 rings (SSSR count). The fourth-order valence-corrected chi connectivity index (χ4v) is 5.04. The molecular formula is C22H33N3O3. The minimum Gasteiger partial charge on any atom is -0.497 e. The van der Waals surface area contributed by atoms with Crippen LogP contribution in [0.2, 0.25) is 0 Å². The van der Waals surface area contributed by atoms with E-state index in [4.69, 9.17) is 4.74 Å². The second kappa shape index (κ2) is 8.29. The molecule has 0 spiro atoms. The molecule has 1 atom stereocenters.